The van der Waals surface area contributed by atoms with Crippen molar-refractivity contribution in [3.8, 4) is 5.75 Å². The second-order valence-corrected chi connectivity index (χ2v) is 7.83. The number of nitrogens with one attached hydrogen (secondary N) is 1. The number of aromatic nitrogens is 2. The number of hydrogen-bond donors (Lipinski definition) is 1. The maximum absolute atomic E-state index is 5.88. The van der Waals surface area contributed by atoms with Crippen molar-refractivity contribution in [2.75, 3.05) is 82.9 Å². The van der Waals surface area contributed by atoms with Crippen molar-refractivity contribution in [2.24, 2.45) is 0 Å². The number of likely N-dealkylation sites (N-methyl/N-ethyl adjacent to an activating group) is 1. The topological polar surface area (TPSA) is 66.0 Å². The smallest absolute Gasteiger partial charge is 0.229 e. The van der Waals surface area contributed by atoms with Crippen LogP contribution in [0.15, 0.2) is 36.5 Å². The molecule has 2 aliphatic heterocycles. The number of morpholine rings is 1. The first-order chi connectivity index (χ1) is 14.8. The highest BCUT2D eigenvalue weighted by Crippen LogP contribution is 2.20. The second kappa shape index (κ2) is 10.6. The standard InChI is InChI=1S/C22H32N6O2/c1-26-10-12-28(13-11-26)21-7-8-23-22(25-21)24-19-3-5-20(6-4-19)30-16-2-9-27-14-17-29-18-15-27/h3-8H,2,9-18H2,1H3,(H,23,24,25). The average Bonchev–Trinajstić information content (AvgIpc) is 2.79. The SMILES string of the molecule is CN1CCN(c2ccnc(Nc3ccc(OCCCN4CCOCC4)cc3)n2)CC1. The Balaban J connectivity index is 1.24. The first kappa shape index (κ1) is 20.8. The van der Waals surface area contributed by atoms with Crippen molar-refractivity contribution in [1.29, 1.82) is 0 Å². The normalized spacial score (nSPS) is 18.4. The van der Waals surface area contributed by atoms with E-state index in [1.807, 2.05) is 36.5 Å². The van der Waals surface area contributed by atoms with Gasteiger partial charge < -0.3 is 24.6 Å². The fourth-order valence-corrected chi connectivity index (χ4v) is 3.69. The largest absolute Gasteiger partial charge is 0.494 e. The molecule has 1 N–H and O–H groups in total. The number of ether oxygens (including phenoxy) is 2. The van der Waals surface area contributed by atoms with Crippen molar-refractivity contribution >= 4 is 17.5 Å². The molecule has 3 heterocycles. The Morgan fingerprint density at radius 2 is 1.77 bits per heavy atom. The van der Waals surface area contributed by atoms with Gasteiger partial charge in [-0.15, -0.1) is 0 Å². The molecule has 4 rings (SSSR count). The Hall–Kier alpha value is -2.42. The summed E-state index contributed by atoms with van der Waals surface area (Å²) in [5, 5.41) is 3.30. The Morgan fingerprint density at radius 1 is 1.00 bits per heavy atom. The Morgan fingerprint density at radius 3 is 2.53 bits per heavy atom. The van der Waals surface area contributed by atoms with Crippen molar-refractivity contribution < 1.29 is 9.47 Å². The molecule has 8 heteroatoms. The third kappa shape index (κ3) is 6.04. The van der Waals surface area contributed by atoms with E-state index in [-0.39, 0.29) is 0 Å². The Labute approximate surface area is 178 Å². The van der Waals surface area contributed by atoms with E-state index in [4.69, 9.17) is 9.47 Å². The highest BCUT2D eigenvalue weighted by atomic mass is 16.5. The summed E-state index contributed by atoms with van der Waals surface area (Å²) >= 11 is 0. The molecule has 0 unspecified atom stereocenters. The number of hydrogen-bond acceptors (Lipinski definition) is 8. The summed E-state index contributed by atoms with van der Waals surface area (Å²) in [7, 11) is 2.15. The van der Waals surface area contributed by atoms with Crippen LogP contribution in [0.25, 0.3) is 0 Å². The van der Waals surface area contributed by atoms with Gasteiger partial charge in [0.1, 0.15) is 11.6 Å². The van der Waals surface area contributed by atoms with Crippen LogP contribution in [0, 0.1) is 0 Å². The van der Waals surface area contributed by atoms with E-state index in [0.29, 0.717) is 5.95 Å². The van der Waals surface area contributed by atoms with E-state index in [1.54, 1.807) is 0 Å². The molecule has 8 nitrogen and oxygen atoms in total. The predicted molar refractivity (Wildman–Crippen MR) is 119 cm³/mol. The van der Waals surface area contributed by atoms with Crippen molar-refractivity contribution in [2.45, 2.75) is 6.42 Å². The van der Waals surface area contributed by atoms with Gasteiger partial charge in [0.15, 0.2) is 0 Å². The maximum Gasteiger partial charge on any atom is 0.229 e. The van der Waals surface area contributed by atoms with E-state index in [1.165, 1.54) is 0 Å². The fraction of sp³-hybridized carbons (Fsp3) is 0.545. The first-order valence-corrected chi connectivity index (χ1v) is 10.8. The molecule has 0 spiro atoms. The third-order valence-corrected chi connectivity index (χ3v) is 5.57. The lowest BCUT2D eigenvalue weighted by atomic mass is 10.3. The molecule has 2 fully saturated rings. The Kier molecular flexibility index (Phi) is 7.34. The molecule has 1 aromatic heterocycles. The van der Waals surface area contributed by atoms with E-state index in [9.17, 15) is 0 Å². The predicted octanol–water partition coefficient (Wildman–Crippen LogP) is 2.07. The van der Waals surface area contributed by atoms with Gasteiger partial charge in [-0.3, -0.25) is 4.90 Å². The van der Waals surface area contributed by atoms with Crippen LogP contribution in [0.3, 0.4) is 0 Å². The fourth-order valence-electron chi connectivity index (χ4n) is 3.69. The zero-order valence-electron chi connectivity index (χ0n) is 17.8. The van der Waals surface area contributed by atoms with Crippen molar-refractivity contribution in [1.82, 2.24) is 19.8 Å². The van der Waals surface area contributed by atoms with Gasteiger partial charge in [0, 0.05) is 57.7 Å². The van der Waals surface area contributed by atoms with Crippen molar-refractivity contribution in [3.63, 3.8) is 0 Å². The van der Waals surface area contributed by atoms with Crippen LogP contribution in [-0.2, 0) is 4.74 Å². The first-order valence-electron chi connectivity index (χ1n) is 10.8. The van der Waals surface area contributed by atoms with E-state index < -0.39 is 0 Å². The molecule has 0 atom stereocenters. The van der Waals surface area contributed by atoms with Gasteiger partial charge in [-0.25, -0.2) is 4.98 Å². The monoisotopic (exact) mass is 412 g/mol. The van der Waals surface area contributed by atoms with Gasteiger partial charge >= 0.3 is 0 Å². The third-order valence-electron chi connectivity index (χ3n) is 5.57. The lowest BCUT2D eigenvalue weighted by Gasteiger charge is -2.33. The minimum atomic E-state index is 0.616. The summed E-state index contributed by atoms with van der Waals surface area (Å²) in [6, 6.07) is 9.96. The van der Waals surface area contributed by atoms with Gasteiger partial charge in [0.05, 0.1) is 19.8 Å². The number of rotatable bonds is 8. The van der Waals surface area contributed by atoms with E-state index in [0.717, 1.165) is 89.3 Å². The van der Waals surface area contributed by atoms with E-state index >= 15 is 0 Å². The molecular weight excluding hydrogens is 380 g/mol. The van der Waals surface area contributed by atoms with Gasteiger partial charge in [-0.1, -0.05) is 0 Å². The summed E-state index contributed by atoms with van der Waals surface area (Å²) in [5.74, 6) is 2.47. The van der Waals surface area contributed by atoms with E-state index in [2.05, 4.69) is 37.0 Å². The molecule has 0 amide bonds. The molecule has 0 saturated carbocycles. The summed E-state index contributed by atoms with van der Waals surface area (Å²) in [4.78, 5) is 16.1. The number of piperazine rings is 1. The molecule has 162 valence electrons. The maximum atomic E-state index is 5.88. The molecule has 0 aliphatic carbocycles. The number of anilines is 3. The van der Waals surface area contributed by atoms with Crippen LogP contribution in [0.4, 0.5) is 17.5 Å². The van der Waals surface area contributed by atoms with Crippen LogP contribution in [0.2, 0.25) is 0 Å². The van der Waals surface area contributed by atoms with Crippen LogP contribution in [-0.4, -0.2) is 92.4 Å². The van der Waals surface area contributed by atoms with Gasteiger partial charge in [0.25, 0.3) is 0 Å². The van der Waals surface area contributed by atoms with Crippen LogP contribution >= 0.6 is 0 Å². The molecule has 0 bridgehead atoms. The van der Waals surface area contributed by atoms with Gasteiger partial charge in [-0.2, -0.15) is 4.98 Å². The molecule has 2 aliphatic rings. The summed E-state index contributed by atoms with van der Waals surface area (Å²) in [6.07, 6.45) is 2.84. The molecule has 2 aromatic rings. The Bertz CT molecular complexity index is 773. The van der Waals surface area contributed by atoms with Gasteiger partial charge in [0.2, 0.25) is 5.95 Å². The van der Waals surface area contributed by atoms with Crippen LogP contribution in [0.1, 0.15) is 6.42 Å². The minimum absolute atomic E-state index is 0.616. The van der Waals surface area contributed by atoms with Gasteiger partial charge in [-0.05, 0) is 43.8 Å². The molecule has 30 heavy (non-hydrogen) atoms. The molecule has 0 radical (unpaired) electrons. The molecular formula is C22H32N6O2. The zero-order chi connectivity index (χ0) is 20.6. The lowest BCUT2D eigenvalue weighted by Crippen LogP contribution is -2.44. The lowest BCUT2D eigenvalue weighted by molar-refractivity contribution is 0.0358. The highest BCUT2D eigenvalue weighted by Gasteiger charge is 2.15. The molecule has 2 saturated heterocycles. The summed E-state index contributed by atoms with van der Waals surface area (Å²) in [6.45, 7) is 9.62. The summed E-state index contributed by atoms with van der Waals surface area (Å²) < 4.78 is 11.3. The van der Waals surface area contributed by atoms with Crippen LogP contribution in [0.5, 0.6) is 5.75 Å². The minimum Gasteiger partial charge on any atom is -0.494 e. The van der Waals surface area contributed by atoms with Crippen LogP contribution < -0.4 is 15.0 Å². The zero-order valence-corrected chi connectivity index (χ0v) is 17.8. The molecule has 1 aromatic carbocycles. The number of benzene rings is 1. The second-order valence-electron chi connectivity index (χ2n) is 7.83. The summed E-state index contributed by atoms with van der Waals surface area (Å²) in [5.41, 5.74) is 0.950. The average molecular weight is 413 g/mol. The number of nitrogens with zero attached hydrogens (tertiary/aromatic N) is 5. The quantitative estimate of drug-likeness (QED) is 0.661. The van der Waals surface area contributed by atoms with Crippen molar-refractivity contribution in [3.05, 3.63) is 36.5 Å². The highest BCUT2D eigenvalue weighted by molar-refractivity contribution is 5.56.